The second-order valence-electron chi connectivity index (χ2n) is 5.58. The molecule has 118 valence electrons. The van der Waals surface area contributed by atoms with Gasteiger partial charge in [-0.2, -0.15) is 0 Å². The topological polar surface area (TPSA) is 82.5 Å². The molecule has 7 heteroatoms. The quantitative estimate of drug-likeness (QED) is 0.841. The van der Waals surface area contributed by atoms with Crippen LogP contribution in [0.25, 0.3) is 0 Å². The maximum atomic E-state index is 11.7. The van der Waals surface area contributed by atoms with E-state index in [9.17, 15) is 9.59 Å². The predicted molar refractivity (Wildman–Crippen MR) is 76.6 cm³/mol. The lowest BCUT2D eigenvalue weighted by atomic mass is 10.2. The van der Waals surface area contributed by atoms with Gasteiger partial charge in [-0.15, -0.1) is 0 Å². The van der Waals surface area contributed by atoms with Gasteiger partial charge in [0, 0.05) is 6.20 Å². The number of imidazole rings is 1. The third-order valence-corrected chi connectivity index (χ3v) is 2.60. The summed E-state index contributed by atoms with van der Waals surface area (Å²) in [4.78, 5) is 27.4. The number of nitrogens with zero attached hydrogens (tertiary/aromatic N) is 2. The van der Waals surface area contributed by atoms with Gasteiger partial charge in [0.1, 0.15) is 11.6 Å². The molecular formula is C14H23N3O4. The maximum Gasteiger partial charge on any atom is 0.407 e. The van der Waals surface area contributed by atoms with E-state index < -0.39 is 17.7 Å². The van der Waals surface area contributed by atoms with E-state index in [-0.39, 0.29) is 12.5 Å². The van der Waals surface area contributed by atoms with E-state index >= 15 is 0 Å². The third-order valence-electron chi connectivity index (χ3n) is 2.60. The predicted octanol–water partition coefficient (Wildman–Crippen LogP) is 2.03. The Kier molecular flexibility index (Phi) is 5.75. The second-order valence-corrected chi connectivity index (χ2v) is 5.58. The number of alkyl carbamates (subject to hydrolysis) is 1. The van der Waals surface area contributed by atoms with Crippen molar-refractivity contribution in [2.24, 2.45) is 0 Å². The number of aromatic nitrogens is 2. The van der Waals surface area contributed by atoms with Gasteiger partial charge in [-0.05, 0) is 34.6 Å². The van der Waals surface area contributed by atoms with Crippen molar-refractivity contribution in [2.75, 3.05) is 6.61 Å². The lowest BCUT2D eigenvalue weighted by Crippen LogP contribution is -2.33. The molecule has 0 fully saturated rings. The highest BCUT2D eigenvalue weighted by atomic mass is 16.6. The Morgan fingerprint density at radius 1 is 1.43 bits per heavy atom. The summed E-state index contributed by atoms with van der Waals surface area (Å²) in [6.45, 7) is 9.39. The van der Waals surface area contributed by atoms with Crippen LogP contribution in [-0.2, 0) is 20.8 Å². The van der Waals surface area contributed by atoms with Crippen LogP contribution >= 0.6 is 0 Å². The molecule has 0 aliphatic carbocycles. The van der Waals surface area contributed by atoms with Crippen LogP contribution in [0.4, 0.5) is 4.79 Å². The summed E-state index contributed by atoms with van der Waals surface area (Å²) in [5.74, 6) is -0.339. The SMILES string of the molecule is CCOC(=O)C(C)n1cncc1CNC(=O)OC(C)(C)C. The molecule has 0 saturated heterocycles. The van der Waals surface area contributed by atoms with Gasteiger partial charge >= 0.3 is 12.1 Å². The van der Waals surface area contributed by atoms with Crippen LogP contribution in [0.2, 0.25) is 0 Å². The first-order chi connectivity index (χ1) is 9.74. The molecule has 0 saturated carbocycles. The molecular weight excluding hydrogens is 274 g/mol. The van der Waals surface area contributed by atoms with Crippen molar-refractivity contribution in [2.45, 2.75) is 52.8 Å². The third kappa shape index (κ3) is 5.45. The van der Waals surface area contributed by atoms with E-state index in [1.807, 2.05) is 0 Å². The summed E-state index contributed by atoms with van der Waals surface area (Å²) in [5.41, 5.74) is 0.143. The van der Waals surface area contributed by atoms with Gasteiger partial charge in [-0.3, -0.25) is 0 Å². The van der Waals surface area contributed by atoms with Crippen LogP contribution < -0.4 is 5.32 Å². The molecule has 1 N–H and O–H groups in total. The van der Waals surface area contributed by atoms with Gasteiger partial charge in [-0.1, -0.05) is 0 Å². The molecule has 0 aliphatic heterocycles. The number of amides is 1. The molecule has 1 aromatic rings. The number of hydrogen-bond donors (Lipinski definition) is 1. The van der Waals surface area contributed by atoms with Gasteiger partial charge in [0.05, 0.1) is 25.2 Å². The van der Waals surface area contributed by atoms with E-state index in [1.54, 1.807) is 45.4 Å². The molecule has 0 bridgehead atoms. The van der Waals surface area contributed by atoms with Crippen molar-refractivity contribution >= 4 is 12.1 Å². The van der Waals surface area contributed by atoms with Gasteiger partial charge < -0.3 is 19.4 Å². The number of carbonyl (C=O) groups excluding carboxylic acids is 2. The van der Waals surface area contributed by atoms with E-state index in [4.69, 9.17) is 9.47 Å². The summed E-state index contributed by atoms with van der Waals surface area (Å²) in [7, 11) is 0. The molecule has 0 aromatic carbocycles. The fraction of sp³-hybridized carbons (Fsp3) is 0.643. The molecule has 1 rings (SSSR count). The number of rotatable bonds is 5. The highest BCUT2D eigenvalue weighted by Crippen LogP contribution is 2.12. The van der Waals surface area contributed by atoms with Crippen LogP contribution in [0.5, 0.6) is 0 Å². The molecule has 0 spiro atoms. The lowest BCUT2D eigenvalue weighted by molar-refractivity contribution is -0.146. The minimum atomic E-state index is -0.553. The summed E-state index contributed by atoms with van der Waals surface area (Å²) >= 11 is 0. The van der Waals surface area contributed by atoms with Crippen LogP contribution in [0.15, 0.2) is 12.5 Å². The zero-order valence-corrected chi connectivity index (χ0v) is 13.2. The Morgan fingerprint density at radius 3 is 2.67 bits per heavy atom. The van der Waals surface area contributed by atoms with Crippen LogP contribution in [0.1, 0.15) is 46.4 Å². The average molecular weight is 297 g/mol. The Hall–Kier alpha value is -2.05. The zero-order chi connectivity index (χ0) is 16.0. The molecule has 1 amide bonds. The first kappa shape index (κ1) is 17.0. The summed E-state index contributed by atoms with van der Waals surface area (Å²) in [5, 5.41) is 2.63. The zero-order valence-electron chi connectivity index (χ0n) is 13.2. The number of carbonyl (C=O) groups is 2. The summed E-state index contributed by atoms with van der Waals surface area (Å²) < 4.78 is 11.8. The monoisotopic (exact) mass is 297 g/mol. The maximum absolute atomic E-state index is 11.7. The van der Waals surface area contributed by atoms with E-state index in [0.29, 0.717) is 12.3 Å². The average Bonchev–Trinajstić information content (AvgIpc) is 2.81. The Labute approximate surface area is 124 Å². The van der Waals surface area contributed by atoms with Gasteiger partial charge in [0.25, 0.3) is 0 Å². The highest BCUT2D eigenvalue weighted by molar-refractivity contribution is 5.74. The van der Waals surface area contributed by atoms with E-state index in [1.165, 1.54) is 6.33 Å². The molecule has 1 atom stereocenters. The number of esters is 1. The molecule has 7 nitrogen and oxygen atoms in total. The largest absolute Gasteiger partial charge is 0.464 e. The Bertz CT molecular complexity index is 491. The standard InChI is InChI=1S/C14H23N3O4/c1-6-20-12(18)10(2)17-9-15-7-11(17)8-16-13(19)21-14(3,4)5/h7,9-10H,6,8H2,1-5H3,(H,16,19). The molecule has 21 heavy (non-hydrogen) atoms. The van der Waals surface area contributed by atoms with Crippen LogP contribution in [-0.4, -0.2) is 33.8 Å². The first-order valence-corrected chi connectivity index (χ1v) is 6.88. The minimum Gasteiger partial charge on any atom is -0.464 e. The van der Waals surface area contributed by atoms with Crippen molar-refractivity contribution in [3.8, 4) is 0 Å². The molecule has 1 unspecified atom stereocenters. The highest BCUT2D eigenvalue weighted by Gasteiger charge is 2.20. The van der Waals surface area contributed by atoms with Crippen molar-refractivity contribution in [3.63, 3.8) is 0 Å². The smallest absolute Gasteiger partial charge is 0.407 e. The van der Waals surface area contributed by atoms with Crippen molar-refractivity contribution in [1.29, 1.82) is 0 Å². The second kappa shape index (κ2) is 7.10. The van der Waals surface area contributed by atoms with E-state index in [2.05, 4.69) is 10.3 Å². The van der Waals surface area contributed by atoms with Crippen molar-refractivity contribution < 1.29 is 19.1 Å². The summed E-state index contributed by atoms with van der Waals surface area (Å²) in [6.07, 6.45) is 2.61. The summed E-state index contributed by atoms with van der Waals surface area (Å²) in [6, 6.07) is -0.497. The Morgan fingerprint density at radius 2 is 2.10 bits per heavy atom. The molecule has 1 aromatic heterocycles. The van der Waals surface area contributed by atoms with Crippen molar-refractivity contribution in [3.05, 3.63) is 18.2 Å². The van der Waals surface area contributed by atoms with Gasteiger partial charge in [0.2, 0.25) is 0 Å². The Balaban J connectivity index is 2.64. The fourth-order valence-corrected chi connectivity index (χ4v) is 1.67. The van der Waals surface area contributed by atoms with Crippen LogP contribution in [0.3, 0.4) is 0 Å². The molecule has 0 radical (unpaired) electrons. The molecule has 0 aliphatic rings. The number of hydrogen-bond acceptors (Lipinski definition) is 5. The van der Waals surface area contributed by atoms with Crippen molar-refractivity contribution in [1.82, 2.24) is 14.9 Å². The van der Waals surface area contributed by atoms with Gasteiger partial charge in [-0.25, -0.2) is 14.6 Å². The minimum absolute atomic E-state index is 0.221. The first-order valence-electron chi connectivity index (χ1n) is 6.88. The van der Waals surface area contributed by atoms with Gasteiger partial charge in [0.15, 0.2) is 0 Å². The van der Waals surface area contributed by atoms with E-state index in [0.717, 1.165) is 0 Å². The normalized spacial score (nSPS) is 12.6. The fourth-order valence-electron chi connectivity index (χ4n) is 1.67. The lowest BCUT2D eigenvalue weighted by Gasteiger charge is -2.20. The number of ether oxygens (including phenoxy) is 2. The molecule has 1 heterocycles. The van der Waals surface area contributed by atoms with Crippen LogP contribution in [0, 0.1) is 0 Å². The number of nitrogens with one attached hydrogen (secondary N) is 1.